The molecular formula is C15H23NO6S. The summed E-state index contributed by atoms with van der Waals surface area (Å²) in [5.41, 5.74) is -2.29. The summed E-state index contributed by atoms with van der Waals surface area (Å²) in [6, 6.07) is 0. The van der Waals surface area contributed by atoms with Gasteiger partial charge in [0.15, 0.2) is 0 Å². The second-order valence-corrected chi connectivity index (χ2v) is 8.87. The monoisotopic (exact) mass is 345 g/mol. The molecule has 5 unspecified atom stereocenters. The number of rotatable bonds is 5. The molecule has 0 aliphatic carbocycles. The molecule has 3 fully saturated rings. The van der Waals surface area contributed by atoms with Crippen molar-refractivity contribution in [1.82, 2.24) is 5.32 Å². The van der Waals surface area contributed by atoms with Crippen molar-refractivity contribution >= 4 is 16.0 Å². The van der Waals surface area contributed by atoms with Crippen LogP contribution in [0.3, 0.4) is 0 Å². The minimum absolute atomic E-state index is 0.227. The summed E-state index contributed by atoms with van der Waals surface area (Å²) in [4.78, 5) is 11.5. The lowest BCUT2D eigenvalue weighted by Gasteiger charge is -2.45. The zero-order valence-electron chi connectivity index (χ0n) is 13.8. The number of amides is 1. The highest BCUT2D eigenvalue weighted by molar-refractivity contribution is 7.87. The maximum atomic E-state index is 12.2. The van der Waals surface area contributed by atoms with Crippen molar-refractivity contribution in [1.29, 1.82) is 0 Å². The summed E-state index contributed by atoms with van der Waals surface area (Å²) in [6.45, 7) is 11.1. The van der Waals surface area contributed by atoms with Gasteiger partial charge >= 0.3 is 0 Å². The van der Waals surface area contributed by atoms with Crippen LogP contribution in [0.15, 0.2) is 12.2 Å². The van der Waals surface area contributed by atoms with Crippen LogP contribution in [0.5, 0.6) is 0 Å². The van der Waals surface area contributed by atoms with Crippen molar-refractivity contribution in [2.24, 2.45) is 0 Å². The van der Waals surface area contributed by atoms with Crippen molar-refractivity contribution in [3.8, 4) is 0 Å². The van der Waals surface area contributed by atoms with Crippen LogP contribution in [0.2, 0.25) is 0 Å². The quantitative estimate of drug-likeness (QED) is 0.443. The Labute approximate surface area is 136 Å². The molecule has 130 valence electrons. The smallest absolute Gasteiger partial charge is 0.273 e. The van der Waals surface area contributed by atoms with Gasteiger partial charge in [0.05, 0.1) is 12.2 Å². The first-order valence-electron chi connectivity index (χ1n) is 7.67. The average molecular weight is 345 g/mol. The van der Waals surface area contributed by atoms with Crippen LogP contribution < -0.4 is 5.32 Å². The van der Waals surface area contributed by atoms with Gasteiger partial charge in [0, 0.05) is 18.5 Å². The van der Waals surface area contributed by atoms with Crippen LogP contribution >= 0.6 is 0 Å². The third kappa shape index (κ3) is 2.05. The highest BCUT2D eigenvalue weighted by Gasteiger charge is 2.82. The molecule has 7 nitrogen and oxygen atoms in total. The largest absolute Gasteiger partial charge is 0.367 e. The van der Waals surface area contributed by atoms with Gasteiger partial charge in [-0.3, -0.25) is 8.98 Å². The van der Waals surface area contributed by atoms with E-state index in [1.165, 1.54) is 0 Å². The Morgan fingerprint density at radius 2 is 2.04 bits per heavy atom. The van der Waals surface area contributed by atoms with Crippen LogP contribution in [-0.4, -0.2) is 55.6 Å². The van der Waals surface area contributed by atoms with Crippen molar-refractivity contribution in [3.63, 3.8) is 0 Å². The molecule has 0 aromatic carbocycles. The molecule has 8 heteroatoms. The number of ether oxygens (including phenoxy) is 2. The fourth-order valence-corrected chi connectivity index (χ4v) is 6.02. The molecule has 3 saturated heterocycles. The number of carbonyl (C=O) groups excluding carboxylic acids is 1. The van der Waals surface area contributed by atoms with E-state index in [0.29, 0.717) is 18.5 Å². The molecule has 0 aromatic rings. The molecule has 23 heavy (non-hydrogen) atoms. The number of carbonyl (C=O) groups is 1. The lowest BCUT2D eigenvalue weighted by molar-refractivity contribution is -0.174. The van der Waals surface area contributed by atoms with E-state index in [4.69, 9.17) is 13.7 Å². The molecule has 3 aliphatic rings. The molecular weight excluding hydrogens is 322 g/mol. The summed E-state index contributed by atoms with van der Waals surface area (Å²) in [6.07, 6.45) is -0.169. The highest BCUT2D eigenvalue weighted by atomic mass is 32.2. The van der Waals surface area contributed by atoms with E-state index < -0.39 is 38.3 Å². The number of fused-ring (bicyclic) bond motifs is 1. The Morgan fingerprint density at radius 3 is 2.65 bits per heavy atom. The molecule has 0 spiro atoms. The minimum Gasteiger partial charge on any atom is -0.367 e. The van der Waals surface area contributed by atoms with E-state index in [2.05, 4.69) is 11.9 Å². The van der Waals surface area contributed by atoms with Crippen LogP contribution in [-0.2, 0) is 28.6 Å². The molecule has 0 radical (unpaired) electrons. The lowest BCUT2D eigenvalue weighted by Crippen LogP contribution is -2.64. The standard InChI is InChI=1S/C15H23NO6S/c1-9(2)12(17)16-6-7-20-15(5)13(3)8-10-11(21-13)14(15,4)22-23(10,18)19/h10-11H,1,6-8H2,2-5H3,(H,16,17). The Kier molecular flexibility index (Phi) is 3.51. The van der Waals surface area contributed by atoms with Gasteiger partial charge in [-0.05, 0) is 27.7 Å². The lowest BCUT2D eigenvalue weighted by atomic mass is 9.67. The van der Waals surface area contributed by atoms with Crippen molar-refractivity contribution in [2.45, 2.75) is 62.3 Å². The van der Waals surface area contributed by atoms with E-state index >= 15 is 0 Å². The maximum absolute atomic E-state index is 12.2. The van der Waals surface area contributed by atoms with E-state index in [9.17, 15) is 13.2 Å². The van der Waals surface area contributed by atoms with E-state index in [-0.39, 0.29) is 12.5 Å². The predicted octanol–water partition coefficient (Wildman–Crippen LogP) is 0.503. The van der Waals surface area contributed by atoms with E-state index in [1.54, 1.807) is 13.8 Å². The summed E-state index contributed by atoms with van der Waals surface area (Å²) < 4.78 is 41.8. The topological polar surface area (TPSA) is 90.9 Å². The second kappa shape index (κ2) is 4.78. The fourth-order valence-electron chi connectivity index (χ4n) is 4.02. The van der Waals surface area contributed by atoms with Crippen LogP contribution in [0.1, 0.15) is 34.1 Å². The summed E-state index contributed by atoms with van der Waals surface area (Å²) in [5.74, 6) is -0.236. The number of hydrogen-bond donors (Lipinski definition) is 1. The first-order chi connectivity index (χ1) is 10.5. The van der Waals surface area contributed by atoms with Crippen LogP contribution in [0.4, 0.5) is 0 Å². The third-order valence-corrected chi connectivity index (χ3v) is 7.37. The minimum atomic E-state index is -3.64. The zero-order valence-corrected chi connectivity index (χ0v) is 14.7. The van der Waals surface area contributed by atoms with Crippen LogP contribution in [0.25, 0.3) is 0 Å². The van der Waals surface area contributed by atoms with Gasteiger partial charge in [0.1, 0.15) is 22.6 Å². The SMILES string of the molecule is C=C(C)C(=O)NCCOC1(C)C2(C)CC3C(O2)C1(C)OS3(=O)=O. The van der Waals surface area contributed by atoms with Gasteiger partial charge in [-0.15, -0.1) is 0 Å². The first-order valence-corrected chi connectivity index (χ1v) is 9.14. The van der Waals surface area contributed by atoms with Gasteiger partial charge < -0.3 is 14.8 Å². The molecule has 3 heterocycles. The molecule has 3 aliphatic heterocycles. The molecule has 3 rings (SSSR count). The van der Waals surface area contributed by atoms with Crippen molar-refractivity contribution < 1.29 is 26.9 Å². The molecule has 0 saturated carbocycles. The summed E-state index contributed by atoms with van der Waals surface area (Å²) in [7, 11) is -3.64. The molecule has 2 bridgehead atoms. The van der Waals surface area contributed by atoms with Crippen molar-refractivity contribution in [3.05, 3.63) is 12.2 Å². The van der Waals surface area contributed by atoms with Gasteiger partial charge in [0.25, 0.3) is 10.1 Å². The van der Waals surface area contributed by atoms with E-state index in [1.807, 2.05) is 13.8 Å². The van der Waals surface area contributed by atoms with Gasteiger partial charge in [-0.25, -0.2) is 0 Å². The first kappa shape index (κ1) is 16.9. The number of nitrogens with one attached hydrogen (secondary N) is 1. The van der Waals surface area contributed by atoms with Gasteiger partial charge in [-0.1, -0.05) is 6.58 Å². The summed E-state index contributed by atoms with van der Waals surface area (Å²) in [5, 5.41) is 2.06. The Hall–Kier alpha value is -0.960. The highest BCUT2D eigenvalue weighted by Crippen LogP contribution is 2.64. The molecule has 1 N–H and O–H groups in total. The summed E-state index contributed by atoms with van der Waals surface area (Å²) >= 11 is 0. The molecule has 5 atom stereocenters. The Morgan fingerprint density at radius 1 is 1.39 bits per heavy atom. The fraction of sp³-hybridized carbons (Fsp3) is 0.800. The van der Waals surface area contributed by atoms with Gasteiger partial charge in [0.2, 0.25) is 5.91 Å². The Bertz CT molecular complexity index is 675. The third-order valence-electron chi connectivity index (χ3n) is 5.64. The Balaban J connectivity index is 1.74. The predicted molar refractivity (Wildman–Crippen MR) is 82.3 cm³/mol. The van der Waals surface area contributed by atoms with Gasteiger partial charge in [-0.2, -0.15) is 8.42 Å². The average Bonchev–Trinajstić information content (AvgIpc) is 2.93. The number of hydrogen-bond acceptors (Lipinski definition) is 6. The van der Waals surface area contributed by atoms with Crippen molar-refractivity contribution in [2.75, 3.05) is 13.2 Å². The zero-order chi connectivity index (χ0) is 17.3. The molecule has 0 aromatic heterocycles. The normalized spacial score (nSPS) is 46.1. The van der Waals surface area contributed by atoms with E-state index in [0.717, 1.165) is 0 Å². The maximum Gasteiger partial charge on any atom is 0.273 e. The second-order valence-electron chi connectivity index (χ2n) is 7.11. The van der Waals surface area contributed by atoms with Crippen LogP contribution in [0, 0.1) is 0 Å². The molecule has 1 amide bonds.